The average molecular weight is 554 g/mol. The number of amides is 4. The van der Waals surface area contributed by atoms with Crippen LogP contribution in [0.5, 0.6) is 0 Å². The topological polar surface area (TPSA) is 141 Å². The van der Waals surface area contributed by atoms with E-state index < -0.39 is 28.9 Å². The van der Waals surface area contributed by atoms with Gasteiger partial charge in [-0.25, -0.2) is 4.79 Å². The number of hydrazine groups is 1. The first-order valence-electron chi connectivity index (χ1n) is 12.7. The van der Waals surface area contributed by atoms with Gasteiger partial charge in [0.2, 0.25) is 11.8 Å². The molecular weight excluding hydrogens is 518 g/mol. The number of carbonyl (C=O) groups excluding carboxylic acids is 4. The molecule has 0 spiro atoms. The Balaban J connectivity index is 1.52. The lowest BCUT2D eigenvalue weighted by Gasteiger charge is -2.23. The van der Waals surface area contributed by atoms with Crippen LogP contribution in [0.4, 0.5) is 15.3 Å². The summed E-state index contributed by atoms with van der Waals surface area (Å²) in [5.74, 6) is -0.961. The molecule has 1 heterocycles. The van der Waals surface area contributed by atoms with Crippen LogP contribution in [0.3, 0.4) is 0 Å². The summed E-state index contributed by atoms with van der Waals surface area (Å²) in [5.41, 5.74) is 7.53. The first-order valence-corrected chi connectivity index (χ1v) is 13.7. The summed E-state index contributed by atoms with van der Waals surface area (Å²) in [5, 5.41) is 5.95. The fourth-order valence-corrected chi connectivity index (χ4v) is 4.37. The maximum absolute atomic E-state index is 12.7. The van der Waals surface area contributed by atoms with Crippen LogP contribution in [-0.2, 0) is 27.2 Å². The van der Waals surface area contributed by atoms with E-state index in [-0.39, 0.29) is 18.1 Å². The summed E-state index contributed by atoms with van der Waals surface area (Å²) < 4.78 is 5.37. The van der Waals surface area contributed by atoms with E-state index in [2.05, 4.69) is 26.5 Å². The Morgan fingerprint density at radius 3 is 2.41 bits per heavy atom. The van der Waals surface area contributed by atoms with Crippen molar-refractivity contribution in [2.75, 3.05) is 11.1 Å². The van der Waals surface area contributed by atoms with Gasteiger partial charge in [-0.1, -0.05) is 55.1 Å². The van der Waals surface area contributed by atoms with Crippen LogP contribution in [0.15, 0.2) is 54.7 Å². The lowest BCUT2D eigenvalue weighted by Crippen LogP contribution is -2.46. The fourth-order valence-electron chi connectivity index (χ4n) is 3.91. The van der Waals surface area contributed by atoms with Crippen molar-refractivity contribution in [1.82, 2.24) is 21.2 Å². The van der Waals surface area contributed by atoms with Gasteiger partial charge in [0.05, 0.1) is 5.75 Å². The van der Waals surface area contributed by atoms with Crippen molar-refractivity contribution >= 4 is 51.5 Å². The van der Waals surface area contributed by atoms with Gasteiger partial charge in [0.15, 0.2) is 0 Å². The van der Waals surface area contributed by atoms with Crippen LogP contribution >= 0.6 is 11.8 Å². The maximum atomic E-state index is 12.7. The molecular formula is C28H35N5O5S. The predicted octanol–water partition coefficient (Wildman–Crippen LogP) is 4.67. The Kier molecular flexibility index (Phi) is 10.4. The zero-order valence-electron chi connectivity index (χ0n) is 22.6. The van der Waals surface area contributed by atoms with E-state index >= 15 is 0 Å². The molecule has 0 aliphatic heterocycles. The number of aromatic amines is 1. The molecule has 5 N–H and O–H groups in total. The van der Waals surface area contributed by atoms with Gasteiger partial charge in [0, 0.05) is 35.2 Å². The van der Waals surface area contributed by atoms with Crippen molar-refractivity contribution in [1.29, 1.82) is 0 Å². The number of fused-ring (bicyclic) bond motifs is 1. The second-order valence-electron chi connectivity index (χ2n) is 9.92. The molecule has 0 bridgehead atoms. The minimum absolute atomic E-state index is 0.113. The van der Waals surface area contributed by atoms with Crippen molar-refractivity contribution in [3.05, 3.63) is 65.9 Å². The molecule has 0 aliphatic rings. The highest BCUT2D eigenvalue weighted by Gasteiger charge is 2.23. The van der Waals surface area contributed by atoms with E-state index in [1.807, 2.05) is 55.6 Å². The second-order valence-corrected chi connectivity index (χ2v) is 10.9. The Hall–Kier alpha value is -3.99. The number of hydrogen-bond donors (Lipinski definition) is 5. The summed E-state index contributed by atoms with van der Waals surface area (Å²) in [6.45, 7) is 7.25. The largest absolute Gasteiger partial charge is 0.444 e. The molecule has 0 saturated carbocycles. The number of anilines is 1. The molecule has 4 amide bonds. The average Bonchev–Trinajstić information content (AvgIpc) is 3.28. The SMILES string of the molecule is CCc1ccccc1NC(=O)CSC(=O)NNC(=O)C[C@@H](Cc1c[nH]c2ccccc12)NC(=O)OC(C)(C)C. The first kappa shape index (κ1) is 29.6. The van der Waals surface area contributed by atoms with E-state index in [1.54, 1.807) is 26.8 Å². The molecule has 39 heavy (non-hydrogen) atoms. The number of rotatable bonds is 9. The molecule has 11 heteroatoms. The molecule has 0 aliphatic carbocycles. The second kappa shape index (κ2) is 13.7. The molecule has 3 aromatic rings. The first-order chi connectivity index (χ1) is 18.5. The van der Waals surface area contributed by atoms with E-state index in [0.717, 1.165) is 40.2 Å². The standard InChI is InChI=1S/C28H35N5O5S/c1-5-18-10-6-8-12-22(18)31-25(35)17-39-27(37)33-32-24(34)15-20(30-26(36)38-28(2,3)4)14-19-16-29-23-13-9-7-11-21(19)23/h6-13,16,20,29H,5,14-15,17H2,1-4H3,(H,30,36)(H,31,35)(H,32,34)(H,33,37)/t20-/m1/s1. The summed E-state index contributed by atoms with van der Waals surface area (Å²) in [6.07, 6.45) is 2.21. The van der Waals surface area contributed by atoms with Gasteiger partial charge < -0.3 is 20.4 Å². The minimum atomic E-state index is -0.701. The number of H-pyrrole nitrogens is 1. The van der Waals surface area contributed by atoms with Crippen LogP contribution in [0.25, 0.3) is 10.9 Å². The van der Waals surface area contributed by atoms with Gasteiger partial charge in [0.25, 0.3) is 5.24 Å². The number of benzene rings is 2. The number of para-hydroxylation sites is 2. The molecule has 0 saturated heterocycles. The van der Waals surface area contributed by atoms with Crippen molar-refractivity contribution in [2.45, 2.75) is 58.6 Å². The Morgan fingerprint density at radius 2 is 1.67 bits per heavy atom. The molecule has 0 radical (unpaired) electrons. The van der Waals surface area contributed by atoms with Gasteiger partial charge in [0.1, 0.15) is 5.60 Å². The van der Waals surface area contributed by atoms with Crippen LogP contribution < -0.4 is 21.5 Å². The summed E-state index contributed by atoms with van der Waals surface area (Å²) in [6, 6.07) is 14.6. The highest BCUT2D eigenvalue weighted by Crippen LogP contribution is 2.20. The van der Waals surface area contributed by atoms with Crippen molar-refractivity contribution in [3.8, 4) is 0 Å². The lowest BCUT2D eigenvalue weighted by molar-refractivity contribution is -0.122. The molecule has 3 rings (SSSR count). The number of carbonyl (C=O) groups is 4. The molecule has 1 aromatic heterocycles. The van der Waals surface area contributed by atoms with Crippen LogP contribution in [-0.4, -0.2) is 45.5 Å². The Labute approximate surface area is 232 Å². The highest BCUT2D eigenvalue weighted by molar-refractivity contribution is 8.14. The number of alkyl carbamates (subject to hydrolysis) is 1. The van der Waals surface area contributed by atoms with Gasteiger partial charge in [-0.05, 0) is 56.9 Å². The van der Waals surface area contributed by atoms with Crippen LogP contribution in [0.2, 0.25) is 0 Å². The molecule has 2 aromatic carbocycles. The monoisotopic (exact) mass is 553 g/mol. The zero-order valence-corrected chi connectivity index (χ0v) is 23.4. The number of nitrogens with one attached hydrogen (secondary N) is 5. The summed E-state index contributed by atoms with van der Waals surface area (Å²) >= 11 is 0.730. The predicted molar refractivity (Wildman–Crippen MR) is 153 cm³/mol. The third kappa shape index (κ3) is 9.68. The number of thioether (sulfide) groups is 1. The number of aryl methyl sites for hydroxylation is 1. The number of ether oxygens (including phenoxy) is 1. The van der Waals surface area contributed by atoms with Crippen LogP contribution in [0, 0.1) is 0 Å². The zero-order chi connectivity index (χ0) is 28.4. The van der Waals surface area contributed by atoms with Crippen LogP contribution in [0.1, 0.15) is 45.2 Å². The van der Waals surface area contributed by atoms with E-state index in [9.17, 15) is 19.2 Å². The maximum Gasteiger partial charge on any atom is 0.407 e. The quantitative estimate of drug-likeness (QED) is 0.244. The summed E-state index contributed by atoms with van der Waals surface area (Å²) in [4.78, 5) is 52.8. The molecule has 208 valence electrons. The van der Waals surface area contributed by atoms with E-state index in [1.165, 1.54) is 0 Å². The third-order valence-corrected chi connectivity index (χ3v) is 6.38. The van der Waals surface area contributed by atoms with E-state index in [4.69, 9.17) is 4.74 Å². The van der Waals surface area contributed by atoms with Crippen molar-refractivity contribution in [3.63, 3.8) is 0 Å². The molecule has 0 fully saturated rings. The number of hydrogen-bond acceptors (Lipinski definition) is 6. The van der Waals surface area contributed by atoms with Gasteiger partial charge in [-0.3, -0.25) is 25.2 Å². The third-order valence-electron chi connectivity index (χ3n) is 5.60. The lowest BCUT2D eigenvalue weighted by atomic mass is 10.0. The Bertz CT molecular complexity index is 1320. The van der Waals surface area contributed by atoms with Gasteiger partial charge in [-0.2, -0.15) is 0 Å². The van der Waals surface area contributed by atoms with Crippen molar-refractivity contribution in [2.24, 2.45) is 0 Å². The minimum Gasteiger partial charge on any atom is -0.444 e. The molecule has 0 unspecified atom stereocenters. The van der Waals surface area contributed by atoms with Gasteiger partial charge in [-0.15, -0.1) is 0 Å². The molecule has 10 nitrogen and oxygen atoms in total. The normalized spacial score (nSPS) is 11.9. The smallest absolute Gasteiger partial charge is 0.407 e. The molecule has 1 atom stereocenters. The summed E-state index contributed by atoms with van der Waals surface area (Å²) in [7, 11) is 0. The van der Waals surface area contributed by atoms with E-state index in [0.29, 0.717) is 12.1 Å². The highest BCUT2D eigenvalue weighted by atomic mass is 32.2. The Morgan fingerprint density at radius 1 is 0.949 bits per heavy atom. The number of aromatic nitrogens is 1. The van der Waals surface area contributed by atoms with Crippen molar-refractivity contribution < 1.29 is 23.9 Å². The fraction of sp³-hybridized carbons (Fsp3) is 0.357. The van der Waals surface area contributed by atoms with Gasteiger partial charge >= 0.3 is 6.09 Å².